The van der Waals surface area contributed by atoms with Crippen molar-refractivity contribution in [2.24, 2.45) is 5.73 Å². The molecule has 2 N–H and O–H groups in total. The van der Waals surface area contributed by atoms with Crippen LogP contribution in [-0.2, 0) is 5.75 Å². The Kier molecular flexibility index (Phi) is 5.07. The molecule has 0 aliphatic carbocycles. The first-order chi connectivity index (χ1) is 9.86. The van der Waals surface area contributed by atoms with Crippen molar-refractivity contribution in [2.45, 2.75) is 44.4 Å². The second kappa shape index (κ2) is 6.63. The SMILES string of the molecule is Cc1cc(C)cc(CSc2cc(C)c(F)cc2[C@@H](C)N)c1. The Morgan fingerprint density at radius 2 is 1.67 bits per heavy atom. The molecule has 0 saturated heterocycles. The lowest BCUT2D eigenvalue weighted by Gasteiger charge is -2.14. The molecule has 1 atom stereocenters. The van der Waals surface area contributed by atoms with Crippen LogP contribution in [0.5, 0.6) is 0 Å². The van der Waals surface area contributed by atoms with Gasteiger partial charge in [-0.25, -0.2) is 4.39 Å². The first kappa shape index (κ1) is 16.1. The third-order valence-electron chi connectivity index (χ3n) is 3.46. The lowest BCUT2D eigenvalue weighted by Crippen LogP contribution is -2.07. The van der Waals surface area contributed by atoms with Crippen molar-refractivity contribution < 1.29 is 4.39 Å². The van der Waals surface area contributed by atoms with E-state index in [2.05, 4.69) is 32.0 Å². The monoisotopic (exact) mass is 303 g/mol. The van der Waals surface area contributed by atoms with Crippen LogP contribution >= 0.6 is 11.8 Å². The van der Waals surface area contributed by atoms with Crippen LogP contribution in [0.3, 0.4) is 0 Å². The Morgan fingerprint density at radius 3 is 2.24 bits per heavy atom. The second-order valence-corrected chi connectivity index (χ2v) is 6.73. The van der Waals surface area contributed by atoms with E-state index in [4.69, 9.17) is 5.73 Å². The molecule has 0 unspecified atom stereocenters. The smallest absolute Gasteiger partial charge is 0.126 e. The third kappa shape index (κ3) is 4.08. The van der Waals surface area contributed by atoms with E-state index in [0.717, 1.165) is 16.2 Å². The average Bonchev–Trinajstić information content (AvgIpc) is 2.38. The van der Waals surface area contributed by atoms with Gasteiger partial charge in [0.2, 0.25) is 0 Å². The van der Waals surface area contributed by atoms with Gasteiger partial charge in [0.05, 0.1) is 0 Å². The van der Waals surface area contributed by atoms with E-state index in [1.807, 2.05) is 13.0 Å². The van der Waals surface area contributed by atoms with Crippen molar-refractivity contribution in [3.63, 3.8) is 0 Å². The fourth-order valence-corrected chi connectivity index (χ4v) is 3.63. The summed E-state index contributed by atoms with van der Waals surface area (Å²) in [5.41, 5.74) is 11.4. The Morgan fingerprint density at radius 1 is 1.05 bits per heavy atom. The molecule has 0 amide bonds. The maximum Gasteiger partial charge on any atom is 0.126 e. The van der Waals surface area contributed by atoms with Crippen LogP contribution in [0.1, 0.15) is 40.8 Å². The minimum atomic E-state index is -0.182. The number of halogens is 1. The maximum absolute atomic E-state index is 13.7. The van der Waals surface area contributed by atoms with Gasteiger partial charge in [0, 0.05) is 16.7 Å². The highest BCUT2D eigenvalue weighted by molar-refractivity contribution is 7.98. The molecule has 21 heavy (non-hydrogen) atoms. The van der Waals surface area contributed by atoms with Crippen LogP contribution in [-0.4, -0.2) is 0 Å². The summed E-state index contributed by atoms with van der Waals surface area (Å²) in [6, 6.07) is 9.88. The molecular formula is C18H22FNS. The first-order valence-electron chi connectivity index (χ1n) is 7.12. The summed E-state index contributed by atoms with van der Waals surface area (Å²) in [6.45, 7) is 7.90. The van der Waals surface area contributed by atoms with E-state index in [1.54, 1.807) is 24.8 Å². The summed E-state index contributed by atoms with van der Waals surface area (Å²) < 4.78 is 13.7. The van der Waals surface area contributed by atoms with Gasteiger partial charge < -0.3 is 5.73 Å². The van der Waals surface area contributed by atoms with Gasteiger partial charge in [-0.15, -0.1) is 11.8 Å². The molecule has 0 aliphatic rings. The number of nitrogens with two attached hydrogens (primary N) is 1. The molecule has 3 heteroatoms. The quantitative estimate of drug-likeness (QED) is 0.799. The Balaban J connectivity index is 2.25. The molecule has 0 heterocycles. The molecular weight excluding hydrogens is 281 g/mol. The molecule has 2 aromatic carbocycles. The van der Waals surface area contributed by atoms with Crippen LogP contribution in [0.15, 0.2) is 35.2 Å². The molecule has 2 aromatic rings. The van der Waals surface area contributed by atoms with Crippen LogP contribution < -0.4 is 5.73 Å². The molecule has 112 valence electrons. The van der Waals surface area contributed by atoms with Crippen molar-refractivity contribution in [1.29, 1.82) is 0 Å². The highest BCUT2D eigenvalue weighted by Gasteiger charge is 2.11. The Bertz CT molecular complexity index is 630. The van der Waals surface area contributed by atoms with Gasteiger partial charge >= 0.3 is 0 Å². The summed E-state index contributed by atoms with van der Waals surface area (Å²) >= 11 is 1.72. The average molecular weight is 303 g/mol. The molecule has 0 aromatic heterocycles. The maximum atomic E-state index is 13.7. The number of rotatable bonds is 4. The number of benzene rings is 2. The Labute approximate surface area is 130 Å². The standard InChI is InChI=1S/C18H22FNS/c1-11-5-12(2)7-15(6-11)10-21-18-8-13(3)17(19)9-16(18)14(4)20/h5-9,14H,10,20H2,1-4H3/t14-/m1/s1. The van der Waals surface area contributed by atoms with Crippen molar-refractivity contribution in [3.05, 3.63) is 64.0 Å². The molecule has 0 fully saturated rings. The summed E-state index contributed by atoms with van der Waals surface area (Å²) in [5.74, 6) is 0.686. The molecule has 0 radical (unpaired) electrons. The van der Waals surface area contributed by atoms with Gasteiger partial charge in [-0.1, -0.05) is 29.3 Å². The number of hydrogen-bond acceptors (Lipinski definition) is 2. The molecule has 0 spiro atoms. The third-order valence-corrected chi connectivity index (χ3v) is 4.60. The Hall–Kier alpha value is -1.32. The molecule has 1 nitrogen and oxygen atoms in total. The van der Waals surface area contributed by atoms with Gasteiger partial charge in [0.1, 0.15) is 5.82 Å². The highest BCUT2D eigenvalue weighted by atomic mass is 32.2. The van der Waals surface area contributed by atoms with Crippen molar-refractivity contribution in [1.82, 2.24) is 0 Å². The van der Waals surface area contributed by atoms with Crippen LogP contribution in [0, 0.1) is 26.6 Å². The fourth-order valence-electron chi connectivity index (χ4n) is 2.46. The van der Waals surface area contributed by atoms with Crippen molar-refractivity contribution in [3.8, 4) is 0 Å². The molecule has 2 rings (SSSR count). The number of aryl methyl sites for hydroxylation is 3. The predicted octanol–water partition coefficient (Wildman–Crippen LogP) is 5.06. The molecule has 0 saturated carbocycles. The second-order valence-electron chi connectivity index (χ2n) is 5.71. The largest absolute Gasteiger partial charge is 0.324 e. The van der Waals surface area contributed by atoms with Gasteiger partial charge in [-0.2, -0.15) is 0 Å². The normalized spacial score (nSPS) is 12.5. The first-order valence-corrected chi connectivity index (χ1v) is 8.11. The van der Waals surface area contributed by atoms with E-state index in [-0.39, 0.29) is 11.9 Å². The van der Waals surface area contributed by atoms with Crippen LogP contribution in [0.4, 0.5) is 4.39 Å². The van der Waals surface area contributed by atoms with Crippen LogP contribution in [0.2, 0.25) is 0 Å². The zero-order chi connectivity index (χ0) is 15.6. The number of thioether (sulfide) groups is 1. The van der Waals surface area contributed by atoms with Gasteiger partial charge in [0.25, 0.3) is 0 Å². The predicted molar refractivity (Wildman–Crippen MR) is 89.2 cm³/mol. The van der Waals surface area contributed by atoms with E-state index >= 15 is 0 Å². The topological polar surface area (TPSA) is 26.0 Å². The summed E-state index contributed by atoms with van der Waals surface area (Å²) in [4.78, 5) is 1.07. The highest BCUT2D eigenvalue weighted by Crippen LogP contribution is 2.31. The van der Waals surface area contributed by atoms with E-state index in [9.17, 15) is 4.39 Å². The molecule has 0 bridgehead atoms. The minimum absolute atomic E-state index is 0.165. The van der Waals surface area contributed by atoms with Crippen LogP contribution in [0.25, 0.3) is 0 Å². The zero-order valence-electron chi connectivity index (χ0n) is 13.0. The summed E-state index contributed by atoms with van der Waals surface area (Å²) in [6.07, 6.45) is 0. The molecule has 0 aliphatic heterocycles. The minimum Gasteiger partial charge on any atom is -0.324 e. The zero-order valence-corrected chi connectivity index (χ0v) is 13.9. The van der Waals surface area contributed by atoms with E-state index in [1.165, 1.54) is 16.7 Å². The van der Waals surface area contributed by atoms with Gasteiger partial charge in [0.15, 0.2) is 0 Å². The van der Waals surface area contributed by atoms with Gasteiger partial charge in [-0.05, 0) is 56.5 Å². The van der Waals surface area contributed by atoms with Crippen molar-refractivity contribution in [2.75, 3.05) is 0 Å². The lowest BCUT2D eigenvalue weighted by atomic mass is 10.1. The number of hydrogen-bond donors (Lipinski definition) is 1. The van der Waals surface area contributed by atoms with Gasteiger partial charge in [-0.3, -0.25) is 0 Å². The van der Waals surface area contributed by atoms with E-state index < -0.39 is 0 Å². The summed E-state index contributed by atoms with van der Waals surface area (Å²) in [7, 11) is 0. The fraction of sp³-hybridized carbons (Fsp3) is 0.333. The van der Waals surface area contributed by atoms with Crippen molar-refractivity contribution >= 4 is 11.8 Å². The summed E-state index contributed by atoms with van der Waals surface area (Å²) in [5, 5.41) is 0. The van der Waals surface area contributed by atoms with E-state index in [0.29, 0.717) is 5.56 Å². The lowest BCUT2D eigenvalue weighted by molar-refractivity contribution is 0.610.